The average molecular weight is 342 g/mol. The van der Waals surface area contributed by atoms with E-state index in [0.29, 0.717) is 10.9 Å². The number of nitrogens with zero attached hydrogens (tertiary/aromatic N) is 3. The van der Waals surface area contributed by atoms with Crippen LogP contribution in [-0.2, 0) is 5.54 Å². The van der Waals surface area contributed by atoms with E-state index >= 15 is 0 Å². The molecule has 0 spiro atoms. The fourth-order valence-electron chi connectivity index (χ4n) is 2.44. The summed E-state index contributed by atoms with van der Waals surface area (Å²) in [6, 6.07) is 7.35. The van der Waals surface area contributed by atoms with Gasteiger partial charge < -0.3 is 15.8 Å². The van der Waals surface area contributed by atoms with Gasteiger partial charge in [-0.05, 0) is 31.0 Å². The van der Waals surface area contributed by atoms with Crippen LogP contribution < -0.4 is 16.4 Å². The molecule has 0 fully saturated rings. The van der Waals surface area contributed by atoms with Gasteiger partial charge in [0, 0.05) is 17.8 Å². The van der Waals surface area contributed by atoms with Crippen molar-refractivity contribution in [1.82, 2.24) is 9.97 Å². The normalized spacial score (nSPS) is 21.4. The molecular weight excluding hydrogens is 326 g/mol. The Hall–Kier alpha value is -2.61. The number of aromatic amines is 1. The van der Waals surface area contributed by atoms with Crippen LogP contribution in [0.15, 0.2) is 51.4 Å². The van der Waals surface area contributed by atoms with Gasteiger partial charge in [-0.15, -0.1) is 0 Å². The maximum atomic E-state index is 12.1. The molecule has 0 amide bonds. The van der Waals surface area contributed by atoms with E-state index in [1.807, 2.05) is 25.1 Å². The standard InChI is InChI=1S/C16H17N5O2S/c1-16(5-6-24-15(17)21-16)10-3-2-4-11(7-10)20-14(23)12-8-19-13(22)9-18-12/h2-4,7-9H,5-6H2,1H3,(H2,17,21)(H,19,22)(H,20,23)/p-1/t16-/m0/s1. The number of benzene rings is 1. The highest BCUT2D eigenvalue weighted by Crippen LogP contribution is 2.36. The first-order valence-corrected chi connectivity index (χ1v) is 8.34. The molecule has 0 radical (unpaired) electrons. The van der Waals surface area contributed by atoms with Gasteiger partial charge in [-0.2, -0.15) is 0 Å². The summed E-state index contributed by atoms with van der Waals surface area (Å²) in [6.45, 7) is 2.02. The molecule has 8 heteroatoms. The molecule has 1 aliphatic heterocycles. The lowest BCUT2D eigenvalue weighted by atomic mass is 9.89. The minimum atomic E-state index is -0.518. The van der Waals surface area contributed by atoms with Crippen molar-refractivity contribution < 1.29 is 5.11 Å². The largest absolute Gasteiger partial charge is 0.857 e. The predicted molar refractivity (Wildman–Crippen MR) is 93.5 cm³/mol. The van der Waals surface area contributed by atoms with Crippen molar-refractivity contribution in [3.63, 3.8) is 0 Å². The van der Waals surface area contributed by atoms with Gasteiger partial charge in [0.2, 0.25) is 0 Å². The first-order chi connectivity index (χ1) is 11.5. The summed E-state index contributed by atoms with van der Waals surface area (Å²) in [5, 5.41) is 12.7. The van der Waals surface area contributed by atoms with Crippen molar-refractivity contribution in [2.45, 2.75) is 18.9 Å². The molecule has 1 aliphatic rings. The summed E-state index contributed by atoms with van der Waals surface area (Å²) < 4.78 is 0. The molecule has 2 heterocycles. The molecule has 2 aromatic rings. The fourth-order valence-corrected chi connectivity index (χ4v) is 3.41. The van der Waals surface area contributed by atoms with Crippen LogP contribution in [0.25, 0.3) is 0 Å². The fraction of sp³-hybridized carbons (Fsp3) is 0.250. The number of hydrogen-bond donors (Lipinski definition) is 2. The molecule has 24 heavy (non-hydrogen) atoms. The lowest BCUT2D eigenvalue weighted by Gasteiger charge is -2.29. The Labute approximate surface area is 142 Å². The topological polar surface area (TPSA) is 120 Å². The Morgan fingerprint density at radius 1 is 1.50 bits per heavy atom. The molecule has 0 saturated heterocycles. The SMILES string of the molecule is C[C@@]1(c2cccc(N=C([O-])c3c[nH]c(=O)cn3)c2)CCSC(N)=N1. The van der Waals surface area contributed by atoms with Crippen molar-refractivity contribution in [3.8, 4) is 0 Å². The highest BCUT2D eigenvalue weighted by molar-refractivity contribution is 8.13. The van der Waals surface area contributed by atoms with Crippen molar-refractivity contribution in [1.29, 1.82) is 0 Å². The van der Waals surface area contributed by atoms with Crippen LogP contribution in [0.3, 0.4) is 0 Å². The average Bonchev–Trinajstić information content (AvgIpc) is 2.55. The molecule has 7 nitrogen and oxygen atoms in total. The van der Waals surface area contributed by atoms with Crippen molar-refractivity contribution >= 4 is 28.5 Å². The van der Waals surface area contributed by atoms with Crippen LogP contribution in [0, 0.1) is 0 Å². The van der Waals surface area contributed by atoms with E-state index in [1.165, 1.54) is 6.20 Å². The number of amidine groups is 1. The number of aliphatic imine (C=N–C) groups is 2. The molecule has 1 aromatic carbocycles. The van der Waals surface area contributed by atoms with Crippen molar-refractivity contribution in [2.75, 3.05) is 5.75 Å². The van der Waals surface area contributed by atoms with Crippen LogP contribution in [0.4, 0.5) is 5.69 Å². The Bertz CT molecular complexity index is 856. The predicted octanol–water partition coefficient (Wildman–Crippen LogP) is 0.875. The molecule has 124 valence electrons. The molecular formula is C16H16N5O2S-. The van der Waals surface area contributed by atoms with Gasteiger partial charge in [-0.3, -0.25) is 14.8 Å². The quantitative estimate of drug-likeness (QED) is 0.634. The lowest BCUT2D eigenvalue weighted by molar-refractivity contribution is -0.213. The second-order valence-corrected chi connectivity index (χ2v) is 6.70. The number of nitrogens with two attached hydrogens (primary N) is 1. The third-order valence-electron chi connectivity index (χ3n) is 3.79. The number of aromatic nitrogens is 2. The van der Waals surface area contributed by atoms with E-state index < -0.39 is 11.4 Å². The minimum Gasteiger partial charge on any atom is -0.857 e. The van der Waals surface area contributed by atoms with E-state index in [0.717, 1.165) is 23.9 Å². The monoisotopic (exact) mass is 342 g/mol. The molecule has 1 aromatic heterocycles. The highest BCUT2D eigenvalue weighted by Gasteiger charge is 2.29. The number of hydrogen-bond acceptors (Lipinski definition) is 7. The molecule has 3 N–H and O–H groups in total. The van der Waals surface area contributed by atoms with Crippen molar-refractivity contribution in [2.24, 2.45) is 15.7 Å². The maximum Gasteiger partial charge on any atom is 0.266 e. The van der Waals surface area contributed by atoms with Crippen LogP contribution >= 0.6 is 11.8 Å². The second kappa shape index (κ2) is 6.48. The van der Waals surface area contributed by atoms with Crippen LogP contribution in [-0.4, -0.2) is 26.8 Å². The summed E-state index contributed by atoms with van der Waals surface area (Å²) in [5.74, 6) is 0.378. The summed E-state index contributed by atoms with van der Waals surface area (Å²) in [4.78, 5) is 25.8. The molecule has 1 atom stereocenters. The molecule has 0 saturated carbocycles. The zero-order valence-corrected chi connectivity index (χ0v) is 13.8. The van der Waals surface area contributed by atoms with Gasteiger partial charge in [-0.25, -0.2) is 4.98 Å². The molecule has 0 aliphatic carbocycles. The number of thioether (sulfide) groups is 1. The first-order valence-electron chi connectivity index (χ1n) is 7.36. The second-order valence-electron chi connectivity index (χ2n) is 5.59. The summed E-state index contributed by atoms with van der Waals surface area (Å²) in [7, 11) is 0. The first kappa shape index (κ1) is 16.3. The van der Waals surface area contributed by atoms with Gasteiger partial charge in [0.05, 0.1) is 23.1 Å². The van der Waals surface area contributed by atoms with E-state index in [-0.39, 0.29) is 11.3 Å². The van der Waals surface area contributed by atoms with Gasteiger partial charge in [0.25, 0.3) is 5.56 Å². The molecule has 3 rings (SSSR count). The van der Waals surface area contributed by atoms with E-state index in [2.05, 4.69) is 20.0 Å². The van der Waals surface area contributed by atoms with Gasteiger partial charge in [0.15, 0.2) is 5.17 Å². The maximum absolute atomic E-state index is 12.1. The Balaban J connectivity index is 1.93. The summed E-state index contributed by atoms with van der Waals surface area (Å²) in [5.41, 5.74) is 6.62. The van der Waals surface area contributed by atoms with Crippen molar-refractivity contribution in [3.05, 3.63) is 58.3 Å². The zero-order valence-electron chi connectivity index (χ0n) is 13.0. The lowest BCUT2D eigenvalue weighted by Crippen LogP contribution is -2.28. The van der Waals surface area contributed by atoms with E-state index in [4.69, 9.17) is 5.73 Å². The van der Waals surface area contributed by atoms with E-state index in [9.17, 15) is 9.90 Å². The number of H-pyrrole nitrogens is 1. The minimum absolute atomic E-state index is 0.0857. The molecule has 0 unspecified atom stereocenters. The van der Waals surface area contributed by atoms with Gasteiger partial charge in [0.1, 0.15) is 0 Å². The van der Waals surface area contributed by atoms with E-state index in [1.54, 1.807) is 17.8 Å². The van der Waals surface area contributed by atoms with Crippen LogP contribution in [0.5, 0.6) is 0 Å². The van der Waals surface area contributed by atoms with Crippen LogP contribution in [0.2, 0.25) is 0 Å². The number of rotatable bonds is 3. The van der Waals surface area contributed by atoms with Gasteiger partial charge >= 0.3 is 0 Å². The Kier molecular flexibility index (Phi) is 4.39. The smallest absolute Gasteiger partial charge is 0.266 e. The Morgan fingerprint density at radius 2 is 2.33 bits per heavy atom. The highest BCUT2D eigenvalue weighted by atomic mass is 32.2. The zero-order chi connectivity index (χ0) is 17.2. The molecule has 0 bridgehead atoms. The number of nitrogens with one attached hydrogen (secondary N) is 1. The Morgan fingerprint density at radius 3 is 3.04 bits per heavy atom. The van der Waals surface area contributed by atoms with Gasteiger partial charge in [-0.1, -0.05) is 23.9 Å². The third-order valence-corrected chi connectivity index (χ3v) is 4.58. The summed E-state index contributed by atoms with van der Waals surface area (Å²) in [6.07, 6.45) is 3.16. The summed E-state index contributed by atoms with van der Waals surface area (Å²) >= 11 is 1.54. The van der Waals surface area contributed by atoms with Crippen LogP contribution in [0.1, 0.15) is 24.6 Å². The third kappa shape index (κ3) is 3.48.